The minimum absolute atomic E-state index is 0.245. The van der Waals surface area contributed by atoms with Crippen LogP contribution in [-0.4, -0.2) is 42.4 Å². The molecule has 1 fully saturated rings. The number of ether oxygens (including phenoxy) is 2. The quantitative estimate of drug-likeness (QED) is 0.664. The molecule has 1 saturated heterocycles. The normalized spacial score (nSPS) is 23.3. The SMILES string of the molecule is Cc1nc(N)c2c(n1)N1CCOCC1CO2. The lowest BCUT2D eigenvalue weighted by Gasteiger charge is -2.40. The van der Waals surface area contributed by atoms with Gasteiger partial charge in [-0.25, -0.2) is 9.97 Å². The summed E-state index contributed by atoms with van der Waals surface area (Å²) in [5.74, 6) is 2.52. The Morgan fingerprint density at radius 3 is 3.12 bits per heavy atom. The maximum atomic E-state index is 5.83. The second-order valence-electron chi connectivity index (χ2n) is 4.04. The van der Waals surface area contributed by atoms with Gasteiger partial charge in [-0.1, -0.05) is 0 Å². The molecule has 0 saturated carbocycles. The van der Waals surface area contributed by atoms with Crippen molar-refractivity contribution in [3.05, 3.63) is 5.82 Å². The highest BCUT2D eigenvalue weighted by atomic mass is 16.5. The molecule has 6 heteroatoms. The summed E-state index contributed by atoms with van der Waals surface area (Å²) in [6.07, 6.45) is 0. The van der Waals surface area contributed by atoms with Crippen LogP contribution in [0.2, 0.25) is 0 Å². The number of nitrogens with two attached hydrogens (primary N) is 1. The number of aromatic nitrogens is 2. The van der Waals surface area contributed by atoms with Crippen LogP contribution in [0.15, 0.2) is 0 Å². The van der Waals surface area contributed by atoms with E-state index >= 15 is 0 Å². The van der Waals surface area contributed by atoms with Crippen LogP contribution in [0.1, 0.15) is 5.82 Å². The van der Waals surface area contributed by atoms with Crippen molar-refractivity contribution in [1.82, 2.24) is 9.97 Å². The van der Waals surface area contributed by atoms with Crippen molar-refractivity contribution in [3.63, 3.8) is 0 Å². The van der Waals surface area contributed by atoms with Crippen LogP contribution in [0, 0.1) is 6.92 Å². The number of anilines is 2. The zero-order chi connectivity index (χ0) is 11.1. The molecule has 0 aromatic carbocycles. The average Bonchev–Trinajstić information content (AvgIpc) is 2.28. The monoisotopic (exact) mass is 222 g/mol. The summed E-state index contributed by atoms with van der Waals surface area (Å²) < 4.78 is 11.0. The molecule has 1 aromatic rings. The lowest BCUT2D eigenvalue weighted by molar-refractivity contribution is 0.0697. The van der Waals surface area contributed by atoms with Crippen LogP contribution < -0.4 is 15.4 Å². The molecule has 16 heavy (non-hydrogen) atoms. The zero-order valence-corrected chi connectivity index (χ0v) is 9.14. The molecular formula is C10H14N4O2. The number of aryl methyl sites for hydroxylation is 1. The first-order valence-electron chi connectivity index (χ1n) is 5.37. The topological polar surface area (TPSA) is 73.5 Å². The van der Waals surface area contributed by atoms with Crippen LogP contribution >= 0.6 is 0 Å². The molecule has 0 spiro atoms. The molecule has 1 unspecified atom stereocenters. The number of morpholine rings is 1. The van der Waals surface area contributed by atoms with Gasteiger partial charge in [0, 0.05) is 6.54 Å². The Balaban J connectivity index is 2.06. The van der Waals surface area contributed by atoms with E-state index in [9.17, 15) is 0 Å². The van der Waals surface area contributed by atoms with E-state index in [1.54, 1.807) is 0 Å². The first-order valence-corrected chi connectivity index (χ1v) is 5.37. The van der Waals surface area contributed by atoms with Gasteiger partial charge < -0.3 is 20.1 Å². The van der Waals surface area contributed by atoms with E-state index in [4.69, 9.17) is 15.2 Å². The van der Waals surface area contributed by atoms with Gasteiger partial charge in [-0.15, -0.1) is 0 Å². The van der Waals surface area contributed by atoms with Crippen LogP contribution in [0.5, 0.6) is 5.75 Å². The van der Waals surface area contributed by atoms with Crippen LogP contribution in [0.25, 0.3) is 0 Å². The molecule has 0 amide bonds. The molecule has 1 atom stereocenters. The van der Waals surface area contributed by atoms with E-state index in [-0.39, 0.29) is 6.04 Å². The molecular weight excluding hydrogens is 208 g/mol. The number of hydrogen-bond acceptors (Lipinski definition) is 6. The van der Waals surface area contributed by atoms with Crippen molar-refractivity contribution in [2.24, 2.45) is 0 Å². The Morgan fingerprint density at radius 1 is 1.38 bits per heavy atom. The zero-order valence-electron chi connectivity index (χ0n) is 9.14. The van der Waals surface area contributed by atoms with Crippen LogP contribution in [0.3, 0.4) is 0 Å². The third-order valence-electron chi connectivity index (χ3n) is 2.91. The van der Waals surface area contributed by atoms with Crippen molar-refractivity contribution in [2.45, 2.75) is 13.0 Å². The van der Waals surface area contributed by atoms with E-state index in [1.165, 1.54) is 0 Å². The van der Waals surface area contributed by atoms with E-state index < -0.39 is 0 Å². The number of rotatable bonds is 0. The van der Waals surface area contributed by atoms with E-state index in [2.05, 4.69) is 14.9 Å². The first kappa shape index (κ1) is 9.65. The first-order chi connectivity index (χ1) is 7.75. The van der Waals surface area contributed by atoms with Crippen molar-refractivity contribution in [3.8, 4) is 5.75 Å². The fourth-order valence-corrected chi connectivity index (χ4v) is 2.15. The maximum Gasteiger partial charge on any atom is 0.204 e. The highest BCUT2D eigenvalue weighted by Crippen LogP contribution is 2.36. The lowest BCUT2D eigenvalue weighted by Crippen LogP contribution is -2.51. The van der Waals surface area contributed by atoms with Gasteiger partial charge in [-0.2, -0.15) is 0 Å². The smallest absolute Gasteiger partial charge is 0.204 e. The van der Waals surface area contributed by atoms with Gasteiger partial charge in [0.1, 0.15) is 12.4 Å². The summed E-state index contributed by atoms with van der Waals surface area (Å²) >= 11 is 0. The molecule has 2 N–H and O–H groups in total. The minimum Gasteiger partial charge on any atom is -0.484 e. The average molecular weight is 222 g/mol. The van der Waals surface area contributed by atoms with Gasteiger partial charge in [0.05, 0.1) is 19.3 Å². The van der Waals surface area contributed by atoms with Crippen molar-refractivity contribution >= 4 is 11.6 Å². The Labute approximate surface area is 93.4 Å². The predicted octanol–water partition coefficient (Wildman–Crippen LogP) is -0.0352. The lowest BCUT2D eigenvalue weighted by atomic mass is 10.2. The fraction of sp³-hybridized carbons (Fsp3) is 0.600. The Bertz CT molecular complexity index is 424. The Morgan fingerprint density at radius 2 is 2.25 bits per heavy atom. The van der Waals surface area contributed by atoms with Gasteiger partial charge in [0.2, 0.25) is 5.75 Å². The van der Waals surface area contributed by atoms with Gasteiger partial charge in [-0.05, 0) is 6.92 Å². The number of nitrogens with zero attached hydrogens (tertiary/aromatic N) is 3. The molecule has 0 bridgehead atoms. The minimum atomic E-state index is 0.245. The highest BCUT2D eigenvalue weighted by Gasteiger charge is 2.33. The Kier molecular flexibility index (Phi) is 2.10. The summed E-state index contributed by atoms with van der Waals surface area (Å²) in [6, 6.07) is 0.245. The molecule has 86 valence electrons. The van der Waals surface area contributed by atoms with Crippen LogP contribution in [-0.2, 0) is 4.74 Å². The van der Waals surface area contributed by atoms with E-state index in [0.29, 0.717) is 30.6 Å². The van der Waals surface area contributed by atoms with E-state index in [1.807, 2.05) is 6.92 Å². The van der Waals surface area contributed by atoms with Crippen molar-refractivity contribution in [2.75, 3.05) is 37.0 Å². The molecule has 6 nitrogen and oxygen atoms in total. The molecule has 2 aliphatic rings. The molecule has 0 radical (unpaired) electrons. The number of nitrogen functional groups attached to an aromatic ring is 1. The largest absolute Gasteiger partial charge is 0.484 e. The molecule has 2 aliphatic heterocycles. The predicted molar refractivity (Wildman–Crippen MR) is 58.6 cm³/mol. The van der Waals surface area contributed by atoms with Gasteiger partial charge in [-0.3, -0.25) is 0 Å². The summed E-state index contributed by atoms with van der Waals surface area (Å²) in [6.45, 7) is 4.66. The molecule has 3 heterocycles. The van der Waals surface area contributed by atoms with Crippen molar-refractivity contribution < 1.29 is 9.47 Å². The van der Waals surface area contributed by atoms with Gasteiger partial charge in [0.25, 0.3) is 0 Å². The highest BCUT2D eigenvalue weighted by molar-refractivity contribution is 5.65. The standard InChI is InChI=1S/C10H14N4O2/c1-6-12-9(11)8-10(13-6)14-2-3-15-4-7(14)5-16-8/h7H,2-5H2,1H3,(H2,11,12,13). The second kappa shape index (κ2) is 3.48. The van der Waals surface area contributed by atoms with Gasteiger partial charge in [0.15, 0.2) is 11.6 Å². The molecule has 1 aromatic heterocycles. The summed E-state index contributed by atoms with van der Waals surface area (Å²) in [5, 5.41) is 0. The summed E-state index contributed by atoms with van der Waals surface area (Å²) in [7, 11) is 0. The second-order valence-corrected chi connectivity index (χ2v) is 4.04. The van der Waals surface area contributed by atoms with Gasteiger partial charge >= 0.3 is 0 Å². The van der Waals surface area contributed by atoms with Crippen LogP contribution in [0.4, 0.5) is 11.6 Å². The Hall–Kier alpha value is -1.56. The fourth-order valence-electron chi connectivity index (χ4n) is 2.15. The van der Waals surface area contributed by atoms with Crippen molar-refractivity contribution in [1.29, 1.82) is 0 Å². The summed E-state index contributed by atoms with van der Waals surface area (Å²) in [5.41, 5.74) is 5.83. The third-order valence-corrected chi connectivity index (χ3v) is 2.91. The molecule has 0 aliphatic carbocycles. The molecule has 3 rings (SSSR count). The maximum absolute atomic E-state index is 5.83. The third kappa shape index (κ3) is 1.37. The summed E-state index contributed by atoms with van der Waals surface area (Å²) in [4.78, 5) is 10.7. The number of fused-ring (bicyclic) bond motifs is 3. The van der Waals surface area contributed by atoms with E-state index in [0.717, 1.165) is 19.0 Å². The number of hydrogen-bond donors (Lipinski definition) is 1.